The maximum atomic E-state index is 12.3. The van der Waals surface area contributed by atoms with Gasteiger partial charge in [0.25, 0.3) is 0 Å². The number of piperidine rings is 1. The normalized spacial score (nSPS) is 24.5. The predicted molar refractivity (Wildman–Crippen MR) is 52.2 cm³/mol. The first-order valence-electron chi connectivity index (χ1n) is 5.17. The number of hydrogen-bond acceptors (Lipinski definition) is 2. The average Bonchev–Trinajstić information content (AvgIpc) is 2.13. The number of hydrogen-bond donors (Lipinski definition) is 1. The van der Waals surface area contributed by atoms with Crippen LogP contribution in [0.5, 0.6) is 0 Å². The highest BCUT2D eigenvalue weighted by atomic mass is 19.4. The lowest BCUT2D eigenvalue weighted by Gasteiger charge is -2.44. The summed E-state index contributed by atoms with van der Waals surface area (Å²) in [6, 6.07) is 0. The average molecular weight is 253 g/mol. The molecule has 1 N–H and O–H groups in total. The van der Waals surface area contributed by atoms with E-state index >= 15 is 0 Å². The van der Waals surface area contributed by atoms with Crippen LogP contribution in [0.2, 0.25) is 0 Å². The smallest absolute Gasteiger partial charge is 0.471 e. The van der Waals surface area contributed by atoms with Crippen LogP contribution in [-0.4, -0.2) is 40.1 Å². The van der Waals surface area contributed by atoms with Gasteiger partial charge in [0.05, 0.1) is 5.92 Å². The number of carbonyl (C=O) groups is 2. The molecular weight excluding hydrogens is 239 g/mol. The van der Waals surface area contributed by atoms with Crippen LogP contribution >= 0.6 is 0 Å². The Bertz CT molecular complexity index is 338. The Balaban J connectivity index is 2.85. The second kappa shape index (κ2) is 4.19. The number of carboxylic acids is 1. The maximum absolute atomic E-state index is 12.3. The maximum Gasteiger partial charge on any atom is 0.471 e. The Kier molecular flexibility index (Phi) is 3.40. The van der Waals surface area contributed by atoms with Gasteiger partial charge in [-0.05, 0) is 26.7 Å². The molecule has 0 aliphatic carbocycles. The molecule has 0 saturated carbocycles. The number of alkyl halides is 3. The summed E-state index contributed by atoms with van der Waals surface area (Å²) in [4.78, 5) is 22.7. The van der Waals surface area contributed by atoms with Crippen LogP contribution in [0.25, 0.3) is 0 Å². The molecule has 1 amide bonds. The molecule has 1 aliphatic heterocycles. The number of nitrogens with zero attached hydrogens (tertiary/aromatic N) is 1. The monoisotopic (exact) mass is 253 g/mol. The van der Waals surface area contributed by atoms with Gasteiger partial charge in [-0.3, -0.25) is 9.59 Å². The highest BCUT2D eigenvalue weighted by molar-refractivity contribution is 5.83. The fraction of sp³-hybridized carbons (Fsp3) is 0.800. The Hall–Kier alpha value is -1.27. The lowest BCUT2D eigenvalue weighted by atomic mass is 9.82. The van der Waals surface area contributed by atoms with Crippen LogP contribution in [0.3, 0.4) is 0 Å². The van der Waals surface area contributed by atoms with E-state index in [1.807, 2.05) is 0 Å². The third-order valence-electron chi connectivity index (χ3n) is 3.01. The largest absolute Gasteiger partial charge is 0.481 e. The number of amides is 1. The molecule has 7 heteroatoms. The first-order valence-corrected chi connectivity index (χ1v) is 5.17. The number of carboxylic acid groups (broad SMARTS) is 1. The summed E-state index contributed by atoms with van der Waals surface area (Å²) in [7, 11) is 0. The SMILES string of the molecule is CC1(C)CC(C(=O)O)CCN1C(=O)C(F)(F)F. The second-order valence-corrected chi connectivity index (χ2v) is 4.79. The fourth-order valence-electron chi connectivity index (χ4n) is 2.14. The molecule has 0 radical (unpaired) electrons. The van der Waals surface area contributed by atoms with Crippen molar-refractivity contribution in [2.45, 2.75) is 38.4 Å². The molecule has 1 atom stereocenters. The van der Waals surface area contributed by atoms with E-state index in [9.17, 15) is 22.8 Å². The van der Waals surface area contributed by atoms with Gasteiger partial charge in [0.1, 0.15) is 0 Å². The molecule has 1 saturated heterocycles. The zero-order valence-corrected chi connectivity index (χ0v) is 9.54. The lowest BCUT2D eigenvalue weighted by Crippen LogP contribution is -2.57. The second-order valence-electron chi connectivity index (χ2n) is 4.79. The van der Waals surface area contributed by atoms with Crippen molar-refractivity contribution in [2.75, 3.05) is 6.54 Å². The minimum Gasteiger partial charge on any atom is -0.481 e. The molecule has 1 heterocycles. The minimum atomic E-state index is -4.91. The van der Waals surface area contributed by atoms with Gasteiger partial charge in [-0.15, -0.1) is 0 Å². The summed E-state index contributed by atoms with van der Waals surface area (Å²) < 4.78 is 37.0. The third kappa shape index (κ3) is 2.89. The predicted octanol–water partition coefficient (Wildman–Crippen LogP) is 1.65. The molecule has 1 rings (SSSR count). The molecule has 4 nitrogen and oxygen atoms in total. The molecule has 17 heavy (non-hydrogen) atoms. The van der Waals surface area contributed by atoms with Gasteiger partial charge in [0.15, 0.2) is 0 Å². The van der Waals surface area contributed by atoms with Crippen LogP contribution in [-0.2, 0) is 9.59 Å². The van der Waals surface area contributed by atoms with Gasteiger partial charge in [-0.1, -0.05) is 0 Å². The van der Waals surface area contributed by atoms with E-state index in [0.29, 0.717) is 4.90 Å². The fourth-order valence-corrected chi connectivity index (χ4v) is 2.14. The number of aliphatic carboxylic acids is 1. The van der Waals surface area contributed by atoms with Crippen LogP contribution in [0.15, 0.2) is 0 Å². The molecule has 1 aliphatic rings. The molecule has 0 aromatic carbocycles. The van der Waals surface area contributed by atoms with Crippen LogP contribution < -0.4 is 0 Å². The van der Waals surface area contributed by atoms with E-state index < -0.39 is 29.5 Å². The van der Waals surface area contributed by atoms with E-state index in [0.717, 1.165) is 0 Å². The van der Waals surface area contributed by atoms with Gasteiger partial charge in [0.2, 0.25) is 0 Å². The zero-order valence-electron chi connectivity index (χ0n) is 9.54. The number of rotatable bonds is 1. The zero-order chi connectivity index (χ0) is 13.4. The molecule has 1 fully saturated rings. The van der Waals surface area contributed by atoms with E-state index in [-0.39, 0.29) is 19.4 Å². The summed E-state index contributed by atoms with van der Waals surface area (Å²) in [5.74, 6) is -3.62. The van der Waals surface area contributed by atoms with Crippen molar-refractivity contribution in [1.29, 1.82) is 0 Å². The third-order valence-corrected chi connectivity index (χ3v) is 3.01. The number of carbonyl (C=O) groups excluding carboxylic acids is 1. The van der Waals surface area contributed by atoms with Gasteiger partial charge in [-0.25, -0.2) is 0 Å². The van der Waals surface area contributed by atoms with Crippen molar-refractivity contribution >= 4 is 11.9 Å². The first kappa shape index (κ1) is 13.8. The number of halogens is 3. The Morgan fingerprint density at radius 2 is 1.88 bits per heavy atom. The molecule has 1 unspecified atom stereocenters. The van der Waals surface area contributed by atoms with E-state index in [1.165, 1.54) is 13.8 Å². The van der Waals surface area contributed by atoms with Crippen molar-refractivity contribution in [1.82, 2.24) is 4.90 Å². The quantitative estimate of drug-likeness (QED) is 0.773. The Morgan fingerprint density at radius 1 is 1.35 bits per heavy atom. The highest BCUT2D eigenvalue weighted by Crippen LogP contribution is 2.34. The van der Waals surface area contributed by atoms with Crippen LogP contribution in [0, 0.1) is 5.92 Å². The topological polar surface area (TPSA) is 57.6 Å². The van der Waals surface area contributed by atoms with Gasteiger partial charge >= 0.3 is 18.1 Å². The Labute approximate surface area is 96.4 Å². The van der Waals surface area contributed by atoms with Crippen molar-refractivity contribution in [3.63, 3.8) is 0 Å². The van der Waals surface area contributed by atoms with Gasteiger partial charge in [0, 0.05) is 12.1 Å². The van der Waals surface area contributed by atoms with Gasteiger partial charge in [-0.2, -0.15) is 13.2 Å². The molecule has 0 spiro atoms. The standard InChI is InChI=1S/C10H14F3NO3/c1-9(2)5-6(7(15)16)3-4-14(9)8(17)10(11,12)13/h6H,3-5H2,1-2H3,(H,15,16). The molecule has 98 valence electrons. The Morgan fingerprint density at radius 3 is 2.24 bits per heavy atom. The van der Waals surface area contributed by atoms with Crippen molar-refractivity contribution in [3.05, 3.63) is 0 Å². The summed E-state index contributed by atoms with van der Waals surface area (Å²) in [6.07, 6.45) is -4.82. The summed E-state index contributed by atoms with van der Waals surface area (Å²) in [6.45, 7) is 2.72. The molecule has 0 aromatic rings. The van der Waals surface area contributed by atoms with Gasteiger partial charge < -0.3 is 10.0 Å². The lowest BCUT2D eigenvalue weighted by molar-refractivity contribution is -0.194. The van der Waals surface area contributed by atoms with Crippen molar-refractivity contribution in [2.24, 2.45) is 5.92 Å². The summed E-state index contributed by atoms with van der Waals surface area (Å²) in [5.41, 5.74) is -1.09. The van der Waals surface area contributed by atoms with E-state index in [4.69, 9.17) is 5.11 Å². The molecule has 0 bridgehead atoms. The molecule has 0 aromatic heterocycles. The van der Waals surface area contributed by atoms with Crippen LogP contribution in [0.1, 0.15) is 26.7 Å². The minimum absolute atomic E-state index is 0.0319. The summed E-state index contributed by atoms with van der Waals surface area (Å²) >= 11 is 0. The van der Waals surface area contributed by atoms with E-state index in [1.54, 1.807) is 0 Å². The highest BCUT2D eigenvalue weighted by Gasteiger charge is 2.49. The van der Waals surface area contributed by atoms with Crippen molar-refractivity contribution < 1.29 is 27.9 Å². The number of likely N-dealkylation sites (tertiary alicyclic amines) is 1. The van der Waals surface area contributed by atoms with E-state index in [2.05, 4.69) is 0 Å². The molecular formula is C10H14F3NO3. The van der Waals surface area contributed by atoms with Crippen molar-refractivity contribution in [3.8, 4) is 0 Å². The first-order chi connectivity index (χ1) is 7.55. The van der Waals surface area contributed by atoms with Crippen LogP contribution in [0.4, 0.5) is 13.2 Å². The summed E-state index contributed by atoms with van der Waals surface area (Å²) in [5, 5.41) is 8.83.